The van der Waals surface area contributed by atoms with Gasteiger partial charge in [0.1, 0.15) is 12.4 Å². The van der Waals surface area contributed by atoms with E-state index in [0.717, 1.165) is 5.56 Å². The molecular formula is C19H32N2O6. The number of benzene rings is 1. The van der Waals surface area contributed by atoms with Gasteiger partial charge < -0.3 is 35.1 Å². The van der Waals surface area contributed by atoms with Crippen LogP contribution in [0, 0.1) is 0 Å². The average molecular weight is 384 g/mol. The highest BCUT2D eigenvalue weighted by atomic mass is 16.6. The molecule has 0 spiro atoms. The lowest BCUT2D eigenvalue weighted by atomic mass is 10.1. The Balaban J connectivity index is 2.37. The van der Waals surface area contributed by atoms with E-state index in [1.54, 1.807) is 6.07 Å². The molecular weight excluding hydrogens is 352 g/mol. The molecule has 0 aliphatic heterocycles. The number of amides is 1. The van der Waals surface area contributed by atoms with E-state index in [9.17, 15) is 4.79 Å². The molecule has 0 fully saturated rings. The van der Waals surface area contributed by atoms with Crippen molar-refractivity contribution in [1.82, 2.24) is 5.32 Å². The summed E-state index contributed by atoms with van der Waals surface area (Å²) < 4.78 is 21.4. The number of nitrogens with one attached hydrogen (secondary N) is 1. The van der Waals surface area contributed by atoms with Gasteiger partial charge in [0.25, 0.3) is 0 Å². The summed E-state index contributed by atoms with van der Waals surface area (Å²) in [6.45, 7) is 7.77. The lowest BCUT2D eigenvalue weighted by Crippen LogP contribution is -2.41. The number of nitrogens with two attached hydrogens (primary N) is 1. The minimum absolute atomic E-state index is 0.000745. The first-order chi connectivity index (χ1) is 12.8. The maximum atomic E-state index is 11.7. The van der Waals surface area contributed by atoms with Crippen LogP contribution in [-0.4, -0.2) is 63.0 Å². The van der Waals surface area contributed by atoms with E-state index in [0.29, 0.717) is 50.9 Å². The molecule has 1 amide bonds. The van der Waals surface area contributed by atoms with Crippen LogP contribution in [0.4, 0.5) is 10.5 Å². The van der Waals surface area contributed by atoms with Crippen LogP contribution in [0.25, 0.3) is 0 Å². The number of nitrogen functional groups attached to an aromatic ring is 1. The molecule has 0 radical (unpaired) electrons. The van der Waals surface area contributed by atoms with Gasteiger partial charge in [-0.05, 0) is 32.4 Å². The number of aliphatic hydroxyl groups excluding tert-OH is 1. The second-order valence-electron chi connectivity index (χ2n) is 6.89. The van der Waals surface area contributed by atoms with Gasteiger partial charge in [-0.2, -0.15) is 0 Å². The van der Waals surface area contributed by atoms with Gasteiger partial charge in [-0.3, -0.25) is 0 Å². The Kier molecular flexibility index (Phi) is 10.5. The molecule has 0 aromatic heterocycles. The number of carbonyl (C=O) groups excluding carboxylic acids is 1. The maximum absolute atomic E-state index is 11.7. The molecule has 1 aromatic carbocycles. The lowest BCUT2D eigenvalue weighted by molar-refractivity contribution is 0.0247. The minimum atomic E-state index is -0.453. The summed E-state index contributed by atoms with van der Waals surface area (Å²) in [5.41, 5.74) is 7.05. The SMILES string of the molecule is CC(C)(C)NC(=O)OCCc1cccc(N)c1OCCOCCOCCO. The monoisotopic (exact) mass is 384 g/mol. The third kappa shape index (κ3) is 10.6. The zero-order chi connectivity index (χ0) is 20.1. The topological polar surface area (TPSA) is 112 Å². The Hall–Kier alpha value is -2.03. The number of carbonyl (C=O) groups is 1. The number of alkyl carbamates (subject to hydrolysis) is 1. The largest absolute Gasteiger partial charge is 0.489 e. The number of anilines is 1. The van der Waals surface area contributed by atoms with E-state index < -0.39 is 6.09 Å². The molecule has 1 aromatic rings. The minimum Gasteiger partial charge on any atom is -0.489 e. The molecule has 0 bridgehead atoms. The molecule has 0 atom stereocenters. The maximum Gasteiger partial charge on any atom is 0.407 e. The molecule has 4 N–H and O–H groups in total. The zero-order valence-corrected chi connectivity index (χ0v) is 16.5. The fourth-order valence-corrected chi connectivity index (χ4v) is 2.16. The molecule has 0 unspecified atom stereocenters. The molecule has 154 valence electrons. The first-order valence-electron chi connectivity index (χ1n) is 9.05. The molecule has 0 saturated heterocycles. The van der Waals surface area contributed by atoms with Gasteiger partial charge in [-0.25, -0.2) is 4.79 Å². The summed E-state index contributed by atoms with van der Waals surface area (Å²) in [5.74, 6) is 0.581. The number of rotatable bonds is 12. The van der Waals surface area contributed by atoms with Crippen LogP contribution in [0.3, 0.4) is 0 Å². The summed E-state index contributed by atoms with van der Waals surface area (Å²) in [6, 6.07) is 5.48. The fraction of sp³-hybridized carbons (Fsp3) is 0.632. The van der Waals surface area contributed by atoms with Crippen LogP contribution in [0.5, 0.6) is 5.75 Å². The summed E-state index contributed by atoms with van der Waals surface area (Å²) in [4.78, 5) is 11.7. The number of hydrogen-bond donors (Lipinski definition) is 3. The van der Waals surface area contributed by atoms with Crippen LogP contribution < -0.4 is 15.8 Å². The Morgan fingerprint density at radius 3 is 2.41 bits per heavy atom. The summed E-state index contributed by atoms with van der Waals surface area (Å²) in [7, 11) is 0. The summed E-state index contributed by atoms with van der Waals surface area (Å²) in [5, 5.41) is 11.3. The highest BCUT2D eigenvalue weighted by molar-refractivity contribution is 5.68. The van der Waals surface area contributed by atoms with E-state index in [1.165, 1.54) is 0 Å². The second kappa shape index (κ2) is 12.4. The van der Waals surface area contributed by atoms with Crippen molar-refractivity contribution in [3.05, 3.63) is 23.8 Å². The van der Waals surface area contributed by atoms with Crippen LogP contribution in [-0.2, 0) is 20.6 Å². The molecule has 1 rings (SSSR count). The van der Waals surface area contributed by atoms with Gasteiger partial charge in [0.05, 0.1) is 45.3 Å². The van der Waals surface area contributed by atoms with Gasteiger partial charge in [0, 0.05) is 12.0 Å². The van der Waals surface area contributed by atoms with Crippen molar-refractivity contribution in [2.45, 2.75) is 32.7 Å². The van der Waals surface area contributed by atoms with Crippen molar-refractivity contribution in [3.8, 4) is 5.75 Å². The Morgan fingerprint density at radius 2 is 1.74 bits per heavy atom. The molecule has 0 aliphatic rings. The molecule has 0 saturated carbocycles. The van der Waals surface area contributed by atoms with Crippen LogP contribution >= 0.6 is 0 Å². The fourth-order valence-electron chi connectivity index (χ4n) is 2.16. The third-order valence-electron chi connectivity index (χ3n) is 3.29. The second-order valence-corrected chi connectivity index (χ2v) is 6.89. The molecule has 0 heterocycles. The van der Waals surface area contributed by atoms with E-state index in [1.807, 2.05) is 32.9 Å². The van der Waals surface area contributed by atoms with E-state index in [2.05, 4.69) is 5.32 Å². The van der Waals surface area contributed by atoms with Gasteiger partial charge in [-0.15, -0.1) is 0 Å². The van der Waals surface area contributed by atoms with Gasteiger partial charge in [0.15, 0.2) is 0 Å². The lowest BCUT2D eigenvalue weighted by Gasteiger charge is -2.20. The number of hydrogen-bond acceptors (Lipinski definition) is 7. The standard InChI is InChI=1S/C19H32N2O6/c1-19(2,3)21-18(23)27-9-7-15-5-4-6-16(20)17(15)26-14-13-25-12-11-24-10-8-22/h4-6,22H,7-14,20H2,1-3H3,(H,21,23). The Bertz CT molecular complexity index is 560. The van der Waals surface area contributed by atoms with Crippen molar-refractivity contribution in [3.63, 3.8) is 0 Å². The third-order valence-corrected chi connectivity index (χ3v) is 3.29. The molecule has 27 heavy (non-hydrogen) atoms. The molecule has 8 heteroatoms. The smallest absolute Gasteiger partial charge is 0.407 e. The molecule has 8 nitrogen and oxygen atoms in total. The van der Waals surface area contributed by atoms with Crippen molar-refractivity contribution in [1.29, 1.82) is 0 Å². The highest BCUT2D eigenvalue weighted by Crippen LogP contribution is 2.26. The summed E-state index contributed by atoms with van der Waals surface area (Å²) in [6.07, 6.45) is 0.0408. The molecule has 0 aliphatic carbocycles. The van der Waals surface area contributed by atoms with Crippen LogP contribution in [0.15, 0.2) is 18.2 Å². The van der Waals surface area contributed by atoms with Crippen molar-refractivity contribution >= 4 is 11.8 Å². The van der Waals surface area contributed by atoms with Crippen LogP contribution in [0.2, 0.25) is 0 Å². The van der Waals surface area contributed by atoms with Gasteiger partial charge >= 0.3 is 6.09 Å². The average Bonchev–Trinajstić information content (AvgIpc) is 2.57. The van der Waals surface area contributed by atoms with Crippen molar-refractivity contribution in [2.24, 2.45) is 0 Å². The zero-order valence-electron chi connectivity index (χ0n) is 16.5. The summed E-state index contributed by atoms with van der Waals surface area (Å²) >= 11 is 0. The predicted molar refractivity (Wildman–Crippen MR) is 103 cm³/mol. The number of ether oxygens (including phenoxy) is 4. The first kappa shape index (κ1) is 23.0. The number of para-hydroxylation sites is 1. The predicted octanol–water partition coefficient (Wildman–Crippen LogP) is 1.74. The van der Waals surface area contributed by atoms with E-state index in [-0.39, 0.29) is 18.8 Å². The van der Waals surface area contributed by atoms with E-state index in [4.69, 9.17) is 29.8 Å². The first-order valence-corrected chi connectivity index (χ1v) is 9.05. The van der Waals surface area contributed by atoms with Crippen molar-refractivity contribution in [2.75, 3.05) is 52.0 Å². The highest BCUT2D eigenvalue weighted by Gasteiger charge is 2.15. The van der Waals surface area contributed by atoms with Crippen molar-refractivity contribution < 1.29 is 28.8 Å². The quantitative estimate of drug-likeness (QED) is 0.372. The van der Waals surface area contributed by atoms with Gasteiger partial charge in [-0.1, -0.05) is 12.1 Å². The van der Waals surface area contributed by atoms with E-state index >= 15 is 0 Å². The van der Waals surface area contributed by atoms with Gasteiger partial charge in [0.2, 0.25) is 0 Å². The normalized spacial score (nSPS) is 11.3. The number of aliphatic hydroxyl groups is 1. The Labute approximate surface area is 160 Å². The van der Waals surface area contributed by atoms with Crippen LogP contribution in [0.1, 0.15) is 26.3 Å². The Morgan fingerprint density at radius 1 is 1.07 bits per heavy atom.